The number of alkyl halides is 1. The van der Waals surface area contributed by atoms with Crippen molar-refractivity contribution in [3.8, 4) is 5.75 Å². The first-order valence-electron chi connectivity index (χ1n) is 8.64. The maximum absolute atomic E-state index is 13.0. The van der Waals surface area contributed by atoms with E-state index in [1.807, 2.05) is 17.0 Å². The summed E-state index contributed by atoms with van der Waals surface area (Å²) in [4.78, 5) is 15.0. The molecule has 2 aliphatic rings. The summed E-state index contributed by atoms with van der Waals surface area (Å²) in [6.45, 7) is 4.04. The minimum atomic E-state index is -0.503. The lowest BCUT2D eigenvalue weighted by Gasteiger charge is -2.52. The summed E-state index contributed by atoms with van der Waals surface area (Å²) in [5, 5.41) is -0.503. The van der Waals surface area contributed by atoms with Gasteiger partial charge >= 0.3 is 0 Å². The fourth-order valence-corrected chi connectivity index (χ4v) is 4.55. The average Bonchev–Trinajstić information content (AvgIpc) is 2.55. The van der Waals surface area contributed by atoms with Gasteiger partial charge in [0.15, 0.2) is 0 Å². The highest BCUT2D eigenvalue weighted by Crippen LogP contribution is 2.50. The molecule has 0 saturated heterocycles. The summed E-state index contributed by atoms with van der Waals surface area (Å²) in [5.74, 6) is 1.31. The predicted molar refractivity (Wildman–Crippen MR) is 94.6 cm³/mol. The van der Waals surface area contributed by atoms with Crippen LogP contribution in [0.5, 0.6) is 5.75 Å². The van der Waals surface area contributed by atoms with Crippen molar-refractivity contribution in [1.82, 2.24) is 0 Å². The summed E-state index contributed by atoms with van der Waals surface area (Å²) in [5.41, 5.74) is 2.18. The zero-order valence-corrected chi connectivity index (χ0v) is 15.0. The second-order valence-electron chi connectivity index (χ2n) is 7.10. The molecule has 3 rings (SSSR count). The number of rotatable bonds is 2. The molecular formula is C19H26ClNO2. The Labute approximate surface area is 144 Å². The lowest BCUT2D eigenvalue weighted by Crippen LogP contribution is -2.58. The molecule has 3 nitrogen and oxygen atoms in total. The lowest BCUT2D eigenvalue weighted by molar-refractivity contribution is -0.119. The first-order chi connectivity index (χ1) is 11.0. The van der Waals surface area contributed by atoms with Gasteiger partial charge in [-0.3, -0.25) is 4.79 Å². The fourth-order valence-electron chi connectivity index (χ4n) is 4.45. The molecular weight excluding hydrogens is 310 g/mol. The Balaban J connectivity index is 2.12. The Morgan fingerprint density at radius 3 is 2.65 bits per heavy atom. The van der Waals surface area contributed by atoms with Gasteiger partial charge in [-0.05, 0) is 55.9 Å². The highest BCUT2D eigenvalue weighted by Gasteiger charge is 2.47. The molecule has 0 bridgehead atoms. The van der Waals surface area contributed by atoms with Crippen molar-refractivity contribution in [3.63, 3.8) is 0 Å². The van der Waals surface area contributed by atoms with Crippen LogP contribution in [0, 0.1) is 0 Å². The maximum Gasteiger partial charge on any atom is 0.245 e. The molecule has 1 spiro atoms. The number of nitrogens with zero attached hydrogens (tertiary/aromatic N) is 1. The van der Waals surface area contributed by atoms with Crippen LogP contribution >= 0.6 is 11.6 Å². The molecule has 1 amide bonds. The standard InChI is InChI=1S/C19H26ClNO2/c1-13-12-19(9-5-4-6-10-19)21(18(22)14(2)20)17-8-7-15(23-3)11-16(13)17/h7-8,11,13-14H,4-6,9-10,12H2,1-3H3. The molecule has 1 fully saturated rings. The highest BCUT2D eigenvalue weighted by atomic mass is 35.5. The van der Waals surface area contributed by atoms with E-state index in [4.69, 9.17) is 16.3 Å². The number of carbonyl (C=O) groups is 1. The molecule has 1 aromatic rings. The van der Waals surface area contributed by atoms with Crippen LogP contribution in [0.25, 0.3) is 0 Å². The largest absolute Gasteiger partial charge is 0.497 e. The number of hydrogen-bond acceptors (Lipinski definition) is 2. The summed E-state index contributed by atoms with van der Waals surface area (Å²) in [6.07, 6.45) is 6.83. The molecule has 0 aromatic heterocycles. The van der Waals surface area contributed by atoms with E-state index in [0.29, 0.717) is 5.92 Å². The van der Waals surface area contributed by atoms with E-state index in [1.54, 1.807) is 14.0 Å². The van der Waals surface area contributed by atoms with E-state index >= 15 is 0 Å². The molecule has 1 heterocycles. The van der Waals surface area contributed by atoms with Crippen molar-refractivity contribution in [2.75, 3.05) is 12.0 Å². The number of amides is 1. The number of hydrogen-bond donors (Lipinski definition) is 0. The third-order valence-corrected chi connectivity index (χ3v) is 5.70. The maximum atomic E-state index is 13.0. The van der Waals surface area contributed by atoms with Crippen LogP contribution in [0.2, 0.25) is 0 Å². The minimum absolute atomic E-state index is 0.0342. The Hall–Kier alpha value is -1.22. The first-order valence-corrected chi connectivity index (χ1v) is 9.08. The van der Waals surface area contributed by atoms with Gasteiger partial charge in [-0.1, -0.05) is 26.2 Å². The highest BCUT2D eigenvalue weighted by molar-refractivity contribution is 6.32. The Bertz CT molecular complexity index is 593. The second-order valence-corrected chi connectivity index (χ2v) is 7.76. The van der Waals surface area contributed by atoms with Crippen molar-refractivity contribution in [2.24, 2.45) is 0 Å². The lowest BCUT2D eigenvalue weighted by atomic mass is 9.70. The van der Waals surface area contributed by atoms with E-state index in [9.17, 15) is 4.79 Å². The molecule has 2 atom stereocenters. The first kappa shape index (κ1) is 16.6. The molecule has 4 heteroatoms. The molecule has 2 unspecified atom stereocenters. The van der Waals surface area contributed by atoms with Gasteiger partial charge in [0.25, 0.3) is 0 Å². The number of carbonyl (C=O) groups excluding carboxylic acids is 1. The number of ether oxygens (including phenoxy) is 1. The molecule has 0 radical (unpaired) electrons. The Kier molecular flexibility index (Phi) is 4.59. The van der Waals surface area contributed by atoms with Gasteiger partial charge in [-0.2, -0.15) is 0 Å². The Morgan fingerprint density at radius 1 is 1.35 bits per heavy atom. The average molecular weight is 336 g/mol. The minimum Gasteiger partial charge on any atom is -0.497 e. The van der Waals surface area contributed by atoms with Crippen LogP contribution in [0.3, 0.4) is 0 Å². The fraction of sp³-hybridized carbons (Fsp3) is 0.632. The van der Waals surface area contributed by atoms with Gasteiger partial charge in [-0.25, -0.2) is 0 Å². The predicted octanol–water partition coefficient (Wildman–Crippen LogP) is 4.87. The number of anilines is 1. The summed E-state index contributed by atoms with van der Waals surface area (Å²) in [7, 11) is 1.68. The molecule has 1 aliphatic carbocycles. The molecule has 126 valence electrons. The van der Waals surface area contributed by atoms with Gasteiger partial charge in [0.1, 0.15) is 11.1 Å². The molecule has 1 aromatic carbocycles. The van der Waals surface area contributed by atoms with Crippen LogP contribution in [0.4, 0.5) is 5.69 Å². The zero-order chi connectivity index (χ0) is 16.6. The van der Waals surface area contributed by atoms with E-state index < -0.39 is 5.38 Å². The van der Waals surface area contributed by atoms with Gasteiger partial charge in [0.2, 0.25) is 5.91 Å². The van der Waals surface area contributed by atoms with Crippen molar-refractivity contribution in [3.05, 3.63) is 23.8 Å². The summed E-state index contributed by atoms with van der Waals surface area (Å²) in [6, 6.07) is 6.07. The third kappa shape index (κ3) is 2.84. The molecule has 0 N–H and O–H groups in total. The van der Waals surface area contributed by atoms with Crippen molar-refractivity contribution in [1.29, 1.82) is 0 Å². The number of methoxy groups -OCH3 is 1. The van der Waals surface area contributed by atoms with Gasteiger partial charge in [0.05, 0.1) is 7.11 Å². The Morgan fingerprint density at radius 2 is 2.04 bits per heavy atom. The summed E-state index contributed by atoms with van der Waals surface area (Å²) < 4.78 is 5.38. The quantitative estimate of drug-likeness (QED) is 0.722. The van der Waals surface area contributed by atoms with Crippen molar-refractivity contribution >= 4 is 23.2 Å². The number of fused-ring (bicyclic) bond motifs is 1. The molecule has 1 aliphatic heterocycles. The monoisotopic (exact) mass is 335 g/mol. The zero-order valence-electron chi connectivity index (χ0n) is 14.3. The topological polar surface area (TPSA) is 29.5 Å². The normalized spacial score (nSPS) is 24.2. The van der Waals surface area contributed by atoms with Gasteiger partial charge in [0, 0.05) is 11.2 Å². The van der Waals surface area contributed by atoms with E-state index in [0.717, 1.165) is 30.7 Å². The van der Waals surface area contributed by atoms with E-state index in [2.05, 4.69) is 13.0 Å². The van der Waals surface area contributed by atoms with Gasteiger partial charge in [-0.15, -0.1) is 11.6 Å². The van der Waals surface area contributed by atoms with Crippen LogP contribution in [0.15, 0.2) is 18.2 Å². The SMILES string of the molecule is COc1ccc2c(c1)C(C)CC1(CCCCC1)N2C(=O)C(C)Cl. The van der Waals surface area contributed by atoms with E-state index in [-0.39, 0.29) is 11.4 Å². The summed E-state index contributed by atoms with van der Waals surface area (Å²) >= 11 is 6.21. The van der Waals surface area contributed by atoms with Gasteiger partial charge < -0.3 is 9.64 Å². The van der Waals surface area contributed by atoms with Crippen LogP contribution in [-0.4, -0.2) is 23.9 Å². The number of benzene rings is 1. The van der Waals surface area contributed by atoms with E-state index in [1.165, 1.54) is 24.8 Å². The van der Waals surface area contributed by atoms with Crippen LogP contribution in [-0.2, 0) is 4.79 Å². The second kappa shape index (κ2) is 6.35. The van der Waals surface area contributed by atoms with Crippen molar-refractivity contribution in [2.45, 2.75) is 69.2 Å². The smallest absolute Gasteiger partial charge is 0.245 e. The third-order valence-electron chi connectivity index (χ3n) is 5.51. The molecule has 23 heavy (non-hydrogen) atoms. The number of halogens is 1. The van der Waals surface area contributed by atoms with Crippen LogP contribution in [0.1, 0.15) is 63.9 Å². The molecule has 1 saturated carbocycles. The van der Waals surface area contributed by atoms with Crippen LogP contribution < -0.4 is 9.64 Å². The van der Waals surface area contributed by atoms with Crippen molar-refractivity contribution < 1.29 is 9.53 Å².